The average molecular weight is 424 g/mol. The van der Waals surface area contributed by atoms with Gasteiger partial charge in [0.15, 0.2) is 11.5 Å². The number of methoxy groups -OCH3 is 2. The van der Waals surface area contributed by atoms with Gasteiger partial charge >= 0.3 is 0 Å². The summed E-state index contributed by atoms with van der Waals surface area (Å²) in [6.07, 6.45) is 0.522. The van der Waals surface area contributed by atoms with Crippen LogP contribution in [0.4, 0.5) is 0 Å². The quantitative estimate of drug-likeness (QED) is 0.559. The molecule has 1 aliphatic rings. The molecule has 0 saturated carbocycles. The smallest absolute Gasteiger partial charge is 0.240 e. The molecule has 0 unspecified atom stereocenters. The van der Waals surface area contributed by atoms with Crippen molar-refractivity contribution in [1.29, 1.82) is 0 Å². The molecule has 0 spiro atoms. The number of fused-ring (bicyclic) bond motifs is 1. The molecule has 1 atom stereocenters. The number of benzene rings is 2. The Bertz CT molecular complexity index is 1180. The third kappa shape index (κ3) is 3.59. The Kier molecular flexibility index (Phi) is 5.35. The van der Waals surface area contributed by atoms with Crippen LogP contribution in [0.25, 0.3) is 10.9 Å². The first kappa shape index (κ1) is 20.2. The number of aromatic nitrogens is 1. The Labute approximate surface area is 180 Å². The molecule has 3 aromatic rings. The van der Waals surface area contributed by atoms with Gasteiger partial charge in [-0.05, 0) is 43.3 Å². The van der Waals surface area contributed by atoms with Gasteiger partial charge in [-0.15, -0.1) is 0 Å². The highest BCUT2D eigenvalue weighted by atomic mass is 35.5. The van der Waals surface area contributed by atoms with Crippen molar-refractivity contribution in [3.05, 3.63) is 64.3 Å². The van der Waals surface area contributed by atoms with Crippen LogP contribution in [0.1, 0.15) is 36.1 Å². The summed E-state index contributed by atoms with van der Waals surface area (Å²) >= 11 is 6.54. The Balaban J connectivity index is 1.75. The lowest BCUT2D eigenvalue weighted by atomic mass is 9.98. The van der Waals surface area contributed by atoms with E-state index in [9.17, 15) is 4.79 Å². The second-order valence-electron chi connectivity index (χ2n) is 7.26. The number of hydrazone groups is 1. The lowest BCUT2D eigenvalue weighted by molar-refractivity contribution is -0.130. The molecule has 154 valence electrons. The summed E-state index contributed by atoms with van der Waals surface area (Å²) < 4.78 is 10.7. The lowest BCUT2D eigenvalue weighted by Crippen LogP contribution is -2.24. The molecule has 30 heavy (non-hydrogen) atoms. The minimum absolute atomic E-state index is 0.157. The molecule has 0 N–H and O–H groups in total. The van der Waals surface area contributed by atoms with Gasteiger partial charge in [0.25, 0.3) is 0 Å². The molecule has 0 radical (unpaired) electrons. The highest BCUT2D eigenvalue weighted by Crippen LogP contribution is 2.38. The van der Waals surface area contributed by atoms with E-state index in [1.165, 1.54) is 11.9 Å². The van der Waals surface area contributed by atoms with Crippen molar-refractivity contribution in [2.75, 3.05) is 14.2 Å². The van der Waals surface area contributed by atoms with Crippen molar-refractivity contribution >= 4 is 34.1 Å². The molecule has 4 rings (SSSR count). The summed E-state index contributed by atoms with van der Waals surface area (Å²) in [5.41, 5.74) is 4.38. The van der Waals surface area contributed by atoms with Gasteiger partial charge in [-0.1, -0.05) is 23.2 Å². The molecule has 1 aliphatic heterocycles. The number of aryl methyl sites for hydroxylation is 1. The predicted molar refractivity (Wildman–Crippen MR) is 117 cm³/mol. The maximum absolute atomic E-state index is 12.4. The summed E-state index contributed by atoms with van der Waals surface area (Å²) in [6, 6.07) is 13.3. The number of rotatable bonds is 4. The average Bonchev–Trinajstić information content (AvgIpc) is 3.18. The van der Waals surface area contributed by atoms with Crippen molar-refractivity contribution in [3.63, 3.8) is 0 Å². The zero-order chi connectivity index (χ0) is 21.4. The van der Waals surface area contributed by atoms with Crippen LogP contribution in [0, 0.1) is 6.92 Å². The Morgan fingerprint density at radius 1 is 1.10 bits per heavy atom. The summed E-state index contributed by atoms with van der Waals surface area (Å²) in [6.45, 7) is 3.53. The maximum atomic E-state index is 12.4. The van der Waals surface area contributed by atoms with Crippen LogP contribution >= 0.6 is 11.6 Å². The van der Waals surface area contributed by atoms with Crippen molar-refractivity contribution in [1.82, 2.24) is 9.99 Å². The van der Waals surface area contributed by atoms with Gasteiger partial charge in [-0.25, -0.2) is 9.99 Å². The zero-order valence-corrected chi connectivity index (χ0v) is 18.0. The zero-order valence-electron chi connectivity index (χ0n) is 17.3. The summed E-state index contributed by atoms with van der Waals surface area (Å²) in [5, 5.41) is 7.45. The number of ether oxygens (including phenoxy) is 2. The summed E-state index contributed by atoms with van der Waals surface area (Å²) in [5.74, 6) is 1.09. The molecule has 0 fully saturated rings. The minimum atomic E-state index is -0.324. The van der Waals surface area contributed by atoms with Gasteiger partial charge < -0.3 is 9.47 Å². The van der Waals surface area contributed by atoms with E-state index < -0.39 is 0 Å². The van der Waals surface area contributed by atoms with E-state index >= 15 is 0 Å². The molecule has 1 aromatic heterocycles. The predicted octanol–water partition coefficient (Wildman–Crippen LogP) is 4.91. The molecule has 0 bridgehead atoms. The van der Waals surface area contributed by atoms with E-state index in [4.69, 9.17) is 21.1 Å². The van der Waals surface area contributed by atoms with E-state index in [0.29, 0.717) is 23.1 Å². The third-order valence-corrected chi connectivity index (χ3v) is 5.56. The number of halogens is 1. The topological polar surface area (TPSA) is 64.0 Å². The van der Waals surface area contributed by atoms with E-state index in [1.807, 2.05) is 43.3 Å². The minimum Gasteiger partial charge on any atom is -0.493 e. The van der Waals surface area contributed by atoms with Crippen molar-refractivity contribution < 1.29 is 14.3 Å². The highest BCUT2D eigenvalue weighted by Gasteiger charge is 2.33. The van der Waals surface area contributed by atoms with Gasteiger partial charge in [-0.3, -0.25) is 4.79 Å². The van der Waals surface area contributed by atoms with Gasteiger partial charge in [0.2, 0.25) is 5.91 Å². The normalized spacial score (nSPS) is 16.0. The van der Waals surface area contributed by atoms with Crippen molar-refractivity contribution in [2.24, 2.45) is 5.10 Å². The standard InChI is InChI=1S/C23H22ClN3O3/c1-13-5-7-18-16(9-13)10-17(23(24)25-18)20-12-19(26-27(20)14(2)28)15-6-8-21(29-3)22(11-15)30-4/h5-11,20H,12H2,1-4H3/t20-/m0/s1. The summed E-state index contributed by atoms with van der Waals surface area (Å²) in [7, 11) is 3.18. The van der Waals surface area contributed by atoms with Crippen LogP contribution in [-0.2, 0) is 4.79 Å². The fourth-order valence-corrected chi connectivity index (χ4v) is 4.03. The maximum Gasteiger partial charge on any atom is 0.240 e. The summed E-state index contributed by atoms with van der Waals surface area (Å²) in [4.78, 5) is 16.9. The molecule has 0 saturated heterocycles. The molecular formula is C23H22ClN3O3. The Hall–Kier alpha value is -3.12. The molecule has 1 amide bonds. The molecular weight excluding hydrogens is 402 g/mol. The van der Waals surface area contributed by atoms with Crippen LogP contribution in [0.5, 0.6) is 11.5 Å². The molecule has 2 aromatic carbocycles. The van der Waals surface area contributed by atoms with Crippen molar-refractivity contribution in [2.45, 2.75) is 26.3 Å². The van der Waals surface area contributed by atoms with Crippen LogP contribution in [0.3, 0.4) is 0 Å². The van der Waals surface area contributed by atoms with Crippen LogP contribution in [-0.4, -0.2) is 35.8 Å². The van der Waals surface area contributed by atoms with E-state index in [0.717, 1.165) is 33.3 Å². The number of pyridine rings is 1. The molecule has 2 heterocycles. The third-order valence-electron chi connectivity index (χ3n) is 5.26. The second kappa shape index (κ2) is 7.95. The monoisotopic (exact) mass is 423 g/mol. The molecule has 7 heteroatoms. The van der Waals surface area contributed by atoms with Gasteiger partial charge in [-0.2, -0.15) is 5.10 Å². The molecule has 0 aliphatic carbocycles. The number of amides is 1. The fourth-order valence-electron chi connectivity index (χ4n) is 3.76. The lowest BCUT2D eigenvalue weighted by Gasteiger charge is -2.21. The highest BCUT2D eigenvalue weighted by molar-refractivity contribution is 6.30. The number of nitrogens with zero attached hydrogens (tertiary/aromatic N) is 3. The number of hydrogen-bond donors (Lipinski definition) is 0. The van der Waals surface area contributed by atoms with Crippen LogP contribution < -0.4 is 9.47 Å². The van der Waals surface area contributed by atoms with Crippen LogP contribution in [0.15, 0.2) is 47.6 Å². The van der Waals surface area contributed by atoms with Gasteiger partial charge in [0.05, 0.1) is 31.5 Å². The SMILES string of the molecule is COc1ccc(C2=NN(C(C)=O)[C@H](c3cc4cc(C)ccc4nc3Cl)C2)cc1OC. The van der Waals surface area contributed by atoms with Gasteiger partial charge in [0.1, 0.15) is 5.15 Å². The number of carbonyl (C=O) groups excluding carboxylic acids is 1. The van der Waals surface area contributed by atoms with Crippen LogP contribution in [0.2, 0.25) is 5.15 Å². The van der Waals surface area contributed by atoms with E-state index in [1.54, 1.807) is 14.2 Å². The fraction of sp³-hybridized carbons (Fsp3) is 0.261. The van der Waals surface area contributed by atoms with Crippen molar-refractivity contribution in [3.8, 4) is 11.5 Å². The first-order chi connectivity index (χ1) is 14.4. The van der Waals surface area contributed by atoms with Gasteiger partial charge in [0, 0.05) is 29.9 Å². The largest absolute Gasteiger partial charge is 0.493 e. The Morgan fingerprint density at radius 2 is 1.87 bits per heavy atom. The first-order valence-electron chi connectivity index (χ1n) is 9.57. The Morgan fingerprint density at radius 3 is 2.57 bits per heavy atom. The number of carbonyl (C=O) groups is 1. The second-order valence-corrected chi connectivity index (χ2v) is 7.62. The molecule has 6 nitrogen and oxygen atoms in total. The number of hydrogen-bond acceptors (Lipinski definition) is 5. The van der Waals surface area contributed by atoms with E-state index in [-0.39, 0.29) is 11.9 Å². The van der Waals surface area contributed by atoms with E-state index in [2.05, 4.69) is 16.2 Å². The first-order valence-corrected chi connectivity index (χ1v) is 9.95.